The van der Waals surface area contributed by atoms with Crippen molar-refractivity contribution in [2.24, 2.45) is 0 Å². The summed E-state index contributed by atoms with van der Waals surface area (Å²) in [6.07, 6.45) is 1.66. The highest BCUT2D eigenvalue weighted by atomic mass is 32.2. The molecule has 0 bridgehead atoms. The van der Waals surface area contributed by atoms with Crippen molar-refractivity contribution in [2.75, 3.05) is 17.6 Å². The Bertz CT molecular complexity index is 661. The number of rotatable bonds is 5. The standard InChI is InChI=1S/C15H21FN2O3S/c1-3-9-22(20,21)18-8-4-5-14(18)15(19)17-12-7-6-11(2)13(16)10-12/h6-7,10,14H,3-5,8-9H2,1-2H3,(H,17,19). The fourth-order valence-electron chi connectivity index (χ4n) is 2.61. The van der Waals surface area contributed by atoms with Crippen LogP contribution in [0.3, 0.4) is 0 Å². The van der Waals surface area contributed by atoms with Crippen molar-refractivity contribution >= 4 is 21.6 Å². The molecule has 0 aliphatic carbocycles. The molecule has 22 heavy (non-hydrogen) atoms. The summed E-state index contributed by atoms with van der Waals surface area (Å²) in [6.45, 7) is 3.79. The van der Waals surface area contributed by atoms with E-state index in [0.29, 0.717) is 37.1 Å². The molecule has 0 radical (unpaired) electrons. The first-order chi connectivity index (χ1) is 10.3. The van der Waals surface area contributed by atoms with Crippen LogP contribution in [0, 0.1) is 12.7 Å². The van der Waals surface area contributed by atoms with Gasteiger partial charge in [0.2, 0.25) is 15.9 Å². The van der Waals surface area contributed by atoms with Crippen LogP contribution < -0.4 is 5.32 Å². The monoisotopic (exact) mass is 328 g/mol. The highest BCUT2D eigenvalue weighted by Crippen LogP contribution is 2.23. The highest BCUT2D eigenvalue weighted by Gasteiger charge is 2.38. The predicted octanol–water partition coefficient (Wildman–Crippen LogP) is 2.28. The number of carbonyl (C=O) groups is 1. The van der Waals surface area contributed by atoms with E-state index in [0.717, 1.165) is 0 Å². The molecule has 1 atom stereocenters. The van der Waals surface area contributed by atoms with E-state index in [1.165, 1.54) is 10.4 Å². The van der Waals surface area contributed by atoms with Gasteiger partial charge in [-0.2, -0.15) is 4.31 Å². The van der Waals surface area contributed by atoms with E-state index in [1.54, 1.807) is 26.0 Å². The number of sulfonamides is 1. The van der Waals surface area contributed by atoms with Gasteiger partial charge in [0.25, 0.3) is 0 Å². The number of halogens is 1. The highest BCUT2D eigenvalue weighted by molar-refractivity contribution is 7.89. The molecule has 0 aromatic heterocycles. The summed E-state index contributed by atoms with van der Waals surface area (Å²) in [5.74, 6) is -0.768. The van der Waals surface area contributed by atoms with Gasteiger partial charge >= 0.3 is 0 Å². The maximum atomic E-state index is 13.5. The Morgan fingerprint density at radius 3 is 2.82 bits per heavy atom. The average molecular weight is 328 g/mol. The minimum Gasteiger partial charge on any atom is -0.325 e. The Labute approximate surface area is 130 Å². The summed E-state index contributed by atoms with van der Waals surface area (Å²) >= 11 is 0. The van der Waals surface area contributed by atoms with Crippen molar-refractivity contribution in [2.45, 2.75) is 39.2 Å². The molecule has 1 heterocycles. The molecule has 122 valence electrons. The zero-order chi connectivity index (χ0) is 16.3. The molecule has 1 aromatic rings. The molecule has 1 unspecified atom stereocenters. The van der Waals surface area contributed by atoms with Crippen molar-refractivity contribution in [1.29, 1.82) is 0 Å². The zero-order valence-electron chi connectivity index (χ0n) is 12.8. The number of carbonyl (C=O) groups excluding carboxylic acids is 1. The second-order valence-corrected chi connectivity index (χ2v) is 7.58. The van der Waals surface area contributed by atoms with Gasteiger partial charge in [-0.3, -0.25) is 4.79 Å². The minimum absolute atomic E-state index is 0.0376. The molecule has 1 N–H and O–H groups in total. The second kappa shape index (κ2) is 6.75. The lowest BCUT2D eigenvalue weighted by Gasteiger charge is -2.23. The number of nitrogens with zero attached hydrogens (tertiary/aromatic N) is 1. The molecule has 0 saturated carbocycles. The van der Waals surface area contributed by atoms with Crippen molar-refractivity contribution in [1.82, 2.24) is 4.31 Å². The Balaban J connectivity index is 2.12. The summed E-state index contributed by atoms with van der Waals surface area (Å²) in [4.78, 5) is 12.3. The number of benzene rings is 1. The average Bonchev–Trinajstić information content (AvgIpc) is 2.93. The molecule has 7 heteroatoms. The van der Waals surface area contributed by atoms with Gasteiger partial charge < -0.3 is 5.32 Å². The van der Waals surface area contributed by atoms with Crippen LogP contribution in [-0.2, 0) is 14.8 Å². The third-order valence-electron chi connectivity index (χ3n) is 3.77. The minimum atomic E-state index is -3.41. The van der Waals surface area contributed by atoms with Crippen LogP contribution in [0.25, 0.3) is 0 Å². The third kappa shape index (κ3) is 3.64. The van der Waals surface area contributed by atoms with Crippen LogP contribution in [0.15, 0.2) is 18.2 Å². The number of hydrogen-bond acceptors (Lipinski definition) is 3. The fraction of sp³-hybridized carbons (Fsp3) is 0.533. The normalized spacial score (nSPS) is 19.3. The first kappa shape index (κ1) is 16.9. The van der Waals surface area contributed by atoms with Crippen molar-refractivity contribution < 1.29 is 17.6 Å². The molecule has 2 rings (SSSR count). The maximum absolute atomic E-state index is 13.5. The van der Waals surface area contributed by atoms with E-state index in [1.807, 2.05) is 0 Å². The summed E-state index contributed by atoms with van der Waals surface area (Å²) in [5.41, 5.74) is 0.832. The topological polar surface area (TPSA) is 66.5 Å². The Morgan fingerprint density at radius 2 is 2.18 bits per heavy atom. The van der Waals surface area contributed by atoms with Crippen LogP contribution in [-0.4, -0.2) is 37.0 Å². The molecule has 0 spiro atoms. The molecule has 1 saturated heterocycles. The predicted molar refractivity (Wildman–Crippen MR) is 83.6 cm³/mol. The largest absolute Gasteiger partial charge is 0.325 e. The molecule has 1 fully saturated rings. The quantitative estimate of drug-likeness (QED) is 0.902. The first-order valence-corrected chi connectivity index (χ1v) is 9.02. The lowest BCUT2D eigenvalue weighted by atomic mass is 10.2. The van der Waals surface area contributed by atoms with Crippen molar-refractivity contribution in [3.05, 3.63) is 29.6 Å². The number of amides is 1. The van der Waals surface area contributed by atoms with Gasteiger partial charge in [0, 0.05) is 12.2 Å². The van der Waals surface area contributed by atoms with Crippen molar-refractivity contribution in [3.8, 4) is 0 Å². The first-order valence-electron chi connectivity index (χ1n) is 7.41. The number of nitrogens with one attached hydrogen (secondary N) is 1. The smallest absolute Gasteiger partial charge is 0.242 e. The summed E-state index contributed by atoms with van der Waals surface area (Å²) in [6, 6.07) is 3.72. The number of aryl methyl sites for hydroxylation is 1. The fourth-order valence-corrected chi connectivity index (χ4v) is 4.35. The van der Waals surface area contributed by atoms with E-state index in [9.17, 15) is 17.6 Å². The van der Waals surface area contributed by atoms with E-state index in [2.05, 4.69) is 5.32 Å². The SMILES string of the molecule is CCCS(=O)(=O)N1CCCC1C(=O)Nc1ccc(C)c(F)c1. The molecular weight excluding hydrogens is 307 g/mol. The Kier molecular flexibility index (Phi) is 5.18. The summed E-state index contributed by atoms with van der Waals surface area (Å²) in [5, 5.41) is 2.61. The lowest BCUT2D eigenvalue weighted by molar-refractivity contribution is -0.119. The van der Waals surface area contributed by atoms with Crippen LogP contribution in [0.1, 0.15) is 31.7 Å². The molecular formula is C15H21FN2O3S. The maximum Gasteiger partial charge on any atom is 0.242 e. The van der Waals surface area contributed by atoms with Gasteiger partial charge in [-0.15, -0.1) is 0 Å². The van der Waals surface area contributed by atoms with Gasteiger partial charge in [0.1, 0.15) is 11.9 Å². The van der Waals surface area contributed by atoms with Crippen LogP contribution in [0.4, 0.5) is 10.1 Å². The molecule has 1 aliphatic rings. The third-order valence-corrected chi connectivity index (χ3v) is 5.84. The number of hydrogen-bond donors (Lipinski definition) is 1. The van der Waals surface area contributed by atoms with Crippen LogP contribution in [0.5, 0.6) is 0 Å². The molecule has 1 aliphatic heterocycles. The lowest BCUT2D eigenvalue weighted by Crippen LogP contribution is -2.44. The molecule has 1 aromatic carbocycles. The van der Waals surface area contributed by atoms with E-state index < -0.39 is 27.8 Å². The van der Waals surface area contributed by atoms with Gasteiger partial charge in [-0.05, 0) is 43.9 Å². The van der Waals surface area contributed by atoms with Crippen LogP contribution >= 0.6 is 0 Å². The second-order valence-electron chi connectivity index (χ2n) is 5.54. The van der Waals surface area contributed by atoms with Crippen LogP contribution in [0.2, 0.25) is 0 Å². The van der Waals surface area contributed by atoms with E-state index >= 15 is 0 Å². The van der Waals surface area contributed by atoms with Crippen molar-refractivity contribution in [3.63, 3.8) is 0 Å². The summed E-state index contributed by atoms with van der Waals surface area (Å²) < 4.78 is 39.2. The van der Waals surface area contributed by atoms with Gasteiger partial charge in [-0.1, -0.05) is 13.0 Å². The number of anilines is 1. The Hall–Kier alpha value is -1.47. The van der Waals surface area contributed by atoms with Gasteiger partial charge in [0.15, 0.2) is 0 Å². The Morgan fingerprint density at radius 1 is 1.45 bits per heavy atom. The van der Waals surface area contributed by atoms with E-state index in [-0.39, 0.29) is 5.75 Å². The molecule has 5 nitrogen and oxygen atoms in total. The van der Waals surface area contributed by atoms with Gasteiger partial charge in [-0.25, -0.2) is 12.8 Å². The van der Waals surface area contributed by atoms with E-state index in [4.69, 9.17) is 0 Å². The van der Waals surface area contributed by atoms with Gasteiger partial charge in [0.05, 0.1) is 5.75 Å². The summed E-state index contributed by atoms with van der Waals surface area (Å²) in [7, 11) is -3.41. The molecule has 1 amide bonds. The zero-order valence-corrected chi connectivity index (χ0v) is 13.6.